The molecule has 1 amide bonds. The van der Waals surface area contributed by atoms with Crippen molar-refractivity contribution in [3.8, 4) is 0 Å². The van der Waals surface area contributed by atoms with E-state index in [4.69, 9.17) is 4.42 Å². The van der Waals surface area contributed by atoms with Crippen LogP contribution in [0.1, 0.15) is 33.1 Å². The van der Waals surface area contributed by atoms with E-state index in [1.54, 1.807) is 6.07 Å². The Bertz CT molecular complexity index is 577. The fourth-order valence-corrected chi connectivity index (χ4v) is 1.99. The molecule has 0 saturated carbocycles. The third kappa shape index (κ3) is 2.27. The summed E-state index contributed by atoms with van der Waals surface area (Å²) in [4.78, 5) is 16.4. The summed E-state index contributed by atoms with van der Waals surface area (Å²) in [5.41, 5.74) is 4.32. The van der Waals surface area contributed by atoms with Crippen molar-refractivity contribution < 1.29 is 9.21 Å². The predicted molar refractivity (Wildman–Crippen MR) is 69.8 cm³/mol. The van der Waals surface area contributed by atoms with Crippen LogP contribution in [-0.4, -0.2) is 10.9 Å². The molecule has 0 atom stereocenters. The van der Waals surface area contributed by atoms with Gasteiger partial charge in [-0.1, -0.05) is 0 Å². The number of hydrogen-bond donors (Lipinski definition) is 1. The number of amides is 1. The highest BCUT2D eigenvalue weighted by molar-refractivity contribution is 6.03. The summed E-state index contributed by atoms with van der Waals surface area (Å²) in [6.07, 6.45) is 1.51. The lowest BCUT2D eigenvalue weighted by Crippen LogP contribution is -2.14. The maximum atomic E-state index is 12.1. The molecule has 2 aromatic heterocycles. The van der Waals surface area contributed by atoms with Crippen molar-refractivity contribution in [3.63, 3.8) is 0 Å². The normalized spacial score (nSPS) is 10.4. The van der Waals surface area contributed by atoms with Gasteiger partial charge in [-0.3, -0.25) is 9.78 Å². The van der Waals surface area contributed by atoms with Crippen LogP contribution in [0.5, 0.6) is 0 Å². The molecule has 94 valence electrons. The molecule has 4 nitrogen and oxygen atoms in total. The second-order valence-corrected chi connectivity index (χ2v) is 4.43. The monoisotopic (exact) mass is 244 g/mol. The van der Waals surface area contributed by atoms with Crippen molar-refractivity contribution in [3.05, 3.63) is 46.7 Å². The Morgan fingerprint density at radius 1 is 1.22 bits per heavy atom. The number of rotatable bonds is 2. The number of aromatic nitrogens is 1. The molecule has 18 heavy (non-hydrogen) atoms. The first-order valence-electron chi connectivity index (χ1n) is 5.79. The summed E-state index contributed by atoms with van der Waals surface area (Å²) in [5, 5.41) is 2.85. The third-order valence-corrected chi connectivity index (χ3v) is 2.83. The van der Waals surface area contributed by atoms with Crippen LogP contribution in [0.2, 0.25) is 0 Å². The standard InChI is InChI=1S/C14H16N2O2/c1-8-5-6-18-13(8)14(17)16-12-9(2)7-10(3)15-11(12)4/h5-7H,1-4H3,(H,16,17). The Labute approximate surface area is 106 Å². The van der Waals surface area contributed by atoms with Crippen LogP contribution in [0.15, 0.2) is 22.8 Å². The Hall–Kier alpha value is -2.10. The summed E-state index contributed by atoms with van der Waals surface area (Å²) in [6, 6.07) is 3.71. The highest BCUT2D eigenvalue weighted by atomic mass is 16.3. The Morgan fingerprint density at radius 2 is 1.94 bits per heavy atom. The minimum absolute atomic E-state index is 0.241. The Morgan fingerprint density at radius 3 is 2.50 bits per heavy atom. The fourth-order valence-electron chi connectivity index (χ4n) is 1.99. The van der Waals surface area contributed by atoms with Crippen molar-refractivity contribution in [1.29, 1.82) is 0 Å². The van der Waals surface area contributed by atoms with Crippen LogP contribution < -0.4 is 5.32 Å². The summed E-state index contributed by atoms with van der Waals surface area (Å²) in [7, 11) is 0. The summed E-state index contributed by atoms with van der Waals surface area (Å²) >= 11 is 0. The van der Waals surface area contributed by atoms with Crippen molar-refractivity contribution in [1.82, 2.24) is 4.98 Å². The molecule has 0 bridgehead atoms. The van der Waals surface area contributed by atoms with Crippen molar-refractivity contribution in [2.75, 3.05) is 5.32 Å². The van der Waals surface area contributed by atoms with Crippen LogP contribution in [-0.2, 0) is 0 Å². The molecule has 1 N–H and O–H groups in total. The lowest BCUT2D eigenvalue weighted by molar-refractivity contribution is 0.0995. The molecule has 0 saturated heterocycles. The molecule has 2 aromatic rings. The topological polar surface area (TPSA) is 55.1 Å². The number of hydrogen-bond acceptors (Lipinski definition) is 3. The van der Waals surface area contributed by atoms with Crippen molar-refractivity contribution in [2.24, 2.45) is 0 Å². The van der Waals surface area contributed by atoms with Gasteiger partial charge in [0.05, 0.1) is 17.6 Å². The lowest BCUT2D eigenvalue weighted by Gasteiger charge is -2.11. The molecular weight excluding hydrogens is 228 g/mol. The highest BCUT2D eigenvalue weighted by Gasteiger charge is 2.15. The predicted octanol–water partition coefficient (Wildman–Crippen LogP) is 3.16. The average molecular weight is 244 g/mol. The minimum atomic E-state index is -0.241. The van der Waals surface area contributed by atoms with Gasteiger partial charge in [0, 0.05) is 11.3 Å². The smallest absolute Gasteiger partial charge is 0.291 e. The number of anilines is 1. The molecular formula is C14H16N2O2. The molecule has 0 spiro atoms. The second kappa shape index (κ2) is 4.64. The first-order chi connectivity index (χ1) is 8.49. The van der Waals surface area contributed by atoms with Gasteiger partial charge in [0.2, 0.25) is 0 Å². The number of pyridine rings is 1. The van der Waals surface area contributed by atoms with Gasteiger partial charge in [-0.25, -0.2) is 0 Å². The second-order valence-electron chi connectivity index (χ2n) is 4.43. The Kier molecular flexibility index (Phi) is 3.19. The average Bonchev–Trinajstić information content (AvgIpc) is 2.69. The Balaban J connectivity index is 2.31. The van der Waals surface area contributed by atoms with Crippen molar-refractivity contribution >= 4 is 11.6 Å². The van der Waals surface area contributed by atoms with E-state index in [9.17, 15) is 4.79 Å². The van der Waals surface area contributed by atoms with Crippen LogP contribution in [0.25, 0.3) is 0 Å². The molecule has 0 aromatic carbocycles. The summed E-state index contributed by atoms with van der Waals surface area (Å²) < 4.78 is 5.17. The summed E-state index contributed by atoms with van der Waals surface area (Å²) in [5.74, 6) is 0.101. The van der Waals surface area contributed by atoms with Gasteiger partial charge in [0.15, 0.2) is 5.76 Å². The van der Waals surface area contributed by atoms with Crippen LogP contribution in [0.4, 0.5) is 5.69 Å². The van der Waals surface area contributed by atoms with Gasteiger partial charge < -0.3 is 9.73 Å². The van der Waals surface area contributed by atoms with E-state index < -0.39 is 0 Å². The van der Waals surface area contributed by atoms with E-state index in [0.717, 1.165) is 28.2 Å². The number of nitrogens with one attached hydrogen (secondary N) is 1. The number of nitrogens with zero attached hydrogens (tertiary/aromatic N) is 1. The number of carbonyl (C=O) groups is 1. The molecule has 0 unspecified atom stereocenters. The van der Waals surface area contributed by atoms with E-state index in [0.29, 0.717) is 5.76 Å². The zero-order chi connectivity index (χ0) is 13.3. The zero-order valence-electron chi connectivity index (χ0n) is 11.0. The van der Waals surface area contributed by atoms with Gasteiger partial charge in [-0.05, 0) is 45.4 Å². The SMILES string of the molecule is Cc1cc(C)c(NC(=O)c2occc2C)c(C)n1. The number of furan rings is 1. The molecule has 0 fully saturated rings. The van der Waals surface area contributed by atoms with Gasteiger partial charge in [0.25, 0.3) is 5.91 Å². The van der Waals surface area contributed by atoms with Gasteiger partial charge in [0.1, 0.15) is 0 Å². The molecule has 0 aliphatic rings. The van der Waals surface area contributed by atoms with Crippen molar-refractivity contribution in [2.45, 2.75) is 27.7 Å². The maximum Gasteiger partial charge on any atom is 0.291 e. The summed E-state index contributed by atoms with van der Waals surface area (Å²) in [6.45, 7) is 7.60. The minimum Gasteiger partial charge on any atom is -0.459 e. The lowest BCUT2D eigenvalue weighted by atomic mass is 10.1. The highest BCUT2D eigenvalue weighted by Crippen LogP contribution is 2.20. The van der Waals surface area contributed by atoms with E-state index in [1.165, 1.54) is 6.26 Å². The molecule has 2 heterocycles. The zero-order valence-corrected chi connectivity index (χ0v) is 11.0. The first-order valence-corrected chi connectivity index (χ1v) is 5.79. The molecule has 2 rings (SSSR count). The largest absolute Gasteiger partial charge is 0.459 e. The third-order valence-electron chi connectivity index (χ3n) is 2.83. The van der Waals surface area contributed by atoms with Gasteiger partial charge >= 0.3 is 0 Å². The number of aryl methyl sites for hydroxylation is 4. The first kappa shape index (κ1) is 12.4. The van der Waals surface area contributed by atoms with Gasteiger partial charge in [-0.2, -0.15) is 0 Å². The molecule has 0 radical (unpaired) electrons. The van der Waals surface area contributed by atoms with E-state index in [-0.39, 0.29) is 5.91 Å². The fraction of sp³-hybridized carbons (Fsp3) is 0.286. The van der Waals surface area contributed by atoms with E-state index in [1.807, 2.05) is 33.8 Å². The molecule has 0 aliphatic carbocycles. The van der Waals surface area contributed by atoms with E-state index in [2.05, 4.69) is 10.3 Å². The van der Waals surface area contributed by atoms with E-state index >= 15 is 0 Å². The van der Waals surface area contributed by atoms with Crippen LogP contribution in [0.3, 0.4) is 0 Å². The van der Waals surface area contributed by atoms with Gasteiger partial charge in [-0.15, -0.1) is 0 Å². The number of carbonyl (C=O) groups excluding carboxylic acids is 1. The molecule has 0 aliphatic heterocycles. The van der Waals surface area contributed by atoms with Crippen LogP contribution in [0, 0.1) is 27.7 Å². The maximum absolute atomic E-state index is 12.1. The quantitative estimate of drug-likeness (QED) is 0.882. The van der Waals surface area contributed by atoms with Crippen LogP contribution >= 0.6 is 0 Å². The molecule has 4 heteroatoms.